The first-order valence-electron chi connectivity index (χ1n) is 4.83. The third kappa shape index (κ3) is 4.79. The van der Waals surface area contributed by atoms with Crippen LogP contribution in [0.4, 0.5) is 0 Å². The van der Waals surface area contributed by atoms with Gasteiger partial charge in [0.05, 0.1) is 6.61 Å². The SMILES string of the molecule is CCCOC(=O)C=Cc1ccc(Br)cc1. The van der Waals surface area contributed by atoms with Crippen molar-refractivity contribution in [1.29, 1.82) is 0 Å². The molecule has 1 aromatic carbocycles. The molecule has 3 heteroatoms. The molecule has 0 saturated carbocycles. The van der Waals surface area contributed by atoms with E-state index in [4.69, 9.17) is 4.74 Å². The lowest BCUT2D eigenvalue weighted by Gasteiger charge is -1.97. The fourth-order valence-electron chi connectivity index (χ4n) is 0.989. The number of carbonyl (C=O) groups is 1. The Kier molecular flexibility index (Phi) is 5.12. The smallest absolute Gasteiger partial charge is 0.330 e. The predicted octanol–water partition coefficient (Wildman–Crippen LogP) is 3.42. The quantitative estimate of drug-likeness (QED) is 0.618. The van der Waals surface area contributed by atoms with E-state index < -0.39 is 0 Å². The molecule has 0 N–H and O–H groups in total. The van der Waals surface area contributed by atoms with E-state index >= 15 is 0 Å². The second-order valence-electron chi connectivity index (χ2n) is 3.05. The minimum absolute atomic E-state index is 0.292. The summed E-state index contributed by atoms with van der Waals surface area (Å²) < 4.78 is 5.92. The van der Waals surface area contributed by atoms with Gasteiger partial charge in [-0.3, -0.25) is 0 Å². The molecule has 0 aliphatic heterocycles. The van der Waals surface area contributed by atoms with Gasteiger partial charge in [0.2, 0.25) is 0 Å². The van der Waals surface area contributed by atoms with Gasteiger partial charge in [-0.2, -0.15) is 0 Å². The highest BCUT2D eigenvalue weighted by atomic mass is 79.9. The lowest BCUT2D eigenvalue weighted by Crippen LogP contribution is -2.00. The lowest BCUT2D eigenvalue weighted by molar-refractivity contribution is -0.137. The van der Waals surface area contributed by atoms with Crippen molar-refractivity contribution in [3.63, 3.8) is 0 Å². The van der Waals surface area contributed by atoms with Crippen LogP contribution in [0, 0.1) is 0 Å². The number of benzene rings is 1. The number of halogens is 1. The molecule has 2 nitrogen and oxygen atoms in total. The fraction of sp³-hybridized carbons (Fsp3) is 0.250. The van der Waals surface area contributed by atoms with Gasteiger partial charge in [0, 0.05) is 10.5 Å². The Bertz CT molecular complexity index is 341. The Labute approximate surface area is 98.1 Å². The van der Waals surface area contributed by atoms with E-state index in [1.165, 1.54) is 6.08 Å². The fourth-order valence-corrected chi connectivity index (χ4v) is 1.25. The van der Waals surface area contributed by atoms with Crippen LogP contribution in [-0.4, -0.2) is 12.6 Å². The molecule has 0 aliphatic rings. The highest BCUT2D eigenvalue weighted by molar-refractivity contribution is 9.10. The molecule has 0 radical (unpaired) electrons. The van der Waals surface area contributed by atoms with Crippen LogP contribution in [0.2, 0.25) is 0 Å². The van der Waals surface area contributed by atoms with E-state index in [9.17, 15) is 4.79 Å². The molecule has 0 atom stereocenters. The zero-order valence-electron chi connectivity index (χ0n) is 8.57. The molecule has 0 bridgehead atoms. The van der Waals surface area contributed by atoms with Crippen molar-refractivity contribution in [3.8, 4) is 0 Å². The molecule has 0 fully saturated rings. The van der Waals surface area contributed by atoms with Crippen LogP contribution in [-0.2, 0) is 9.53 Å². The van der Waals surface area contributed by atoms with Crippen LogP contribution >= 0.6 is 15.9 Å². The first kappa shape index (κ1) is 12.0. The number of hydrogen-bond donors (Lipinski definition) is 0. The van der Waals surface area contributed by atoms with E-state index in [0.29, 0.717) is 6.61 Å². The van der Waals surface area contributed by atoms with Crippen LogP contribution < -0.4 is 0 Å². The van der Waals surface area contributed by atoms with Crippen molar-refractivity contribution >= 4 is 28.0 Å². The monoisotopic (exact) mass is 268 g/mol. The maximum atomic E-state index is 11.1. The number of ether oxygens (including phenoxy) is 1. The zero-order valence-corrected chi connectivity index (χ0v) is 10.2. The van der Waals surface area contributed by atoms with E-state index in [1.807, 2.05) is 31.2 Å². The average molecular weight is 269 g/mol. The van der Waals surface area contributed by atoms with E-state index in [2.05, 4.69) is 15.9 Å². The van der Waals surface area contributed by atoms with Gasteiger partial charge in [-0.05, 0) is 30.2 Å². The summed E-state index contributed by atoms with van der Waals surface area (Å²) in [5, 5.41) is 0. The second-order valence-corrected chi connectivity index (χ2v) is 3.97. The third-order valence-electron chi connectivity index (χ3n) is 1.73. The number of carbonyl (C=O) groups excluding carboxylic acids is 1. The van der Waals surface area contributed by atoms with Crippen LogP contribution in [0.25, 0.3) is 6.08 Å². The Morgan fingerprint density at radius 3 is 2.67 bits per heavy atom. The van der Waals surface area contributed by atoms with Gasteiger partial charge in [-0.1, -0.05) is 35.0 Å². The summed E-state index contributed by atoms with van der Waals surface area (Å²) in [4.78, 5) is 11.1. The predicted molar refractivity (Wildman–Crippen MR) is 64.4 cm³/mol. The number of hydrogen-bond acceptors (Lipinski definition) is 2. The minimum atomic E-state index is -0.292. The summed E-state index contributed by atoms with van der Waals surface area (Å²) in [6.45, 7) is 2.44. The first-order valence-corrected chi connectivity index (χ1v) is 5.62. The Morgan fingerprint density at radius 1 is 1.40 bits per heavy atom. The topological polar surface area (TPSA) is 26.3 Å². The summed E-state index contributed by atoms with van der Waals surface area (Å²) >= 11 is 3.34. The van der Waals surface area contributed by atoms with Crippen molar-refractivity contribution in [2.45, 2.75) is 13.3 Å². The van der Waals surface area contributed by atoms with Crippen molar-refractivity contribution in [2.75, 3.05) is 6.61 Å². The minimum Gasteiger partial charge on any atom is -0.463 e. The summed E-state index contributed by atoms with van der Waals surface area (Å²) in [5.41, 5.74) is 0.978. The van der Waals surface area contributed by atoms with Crippen molar-refractivity contribution in [1.82, 2.24) is 0 Å². The standard InChI is InChI=1S/C12H13BrO2/c1-2-9-15-12(14)8-5-10-3-6-11(13)7-4-10/h3-8H,2,9H2,1H3. The van der Waals surface area contributed by atoms with Gasteiger partial charge in [0.25, 0.3) is 0 Å². The van der Waals surface area contributed by atoms with E-state index in [1.54, 1.807) is 6.08 Å². The maximum Gasteiger partial charge on any atom is 0.330 e. The number of rotatable bonds is 4. The molecule has 0 aliphatic carbocycles. The maximum absolute atomic E-state index is 11.1. The van der Waals surface area contributed by atoms with Crippen molar-refractivity contribution in [2.24, 2.45) is 0 Å². The normalized spacial score (nSPS) is 10.5. The summed E-state index contributed by atoms with van der Waals surface area (Å²) in [6.07, 6.45) is 4.03. The Balaban J connectivity index is 2.50. The first-order chi connectivity index (χ1) is 7.22. The molecule has 1 rings (SSSR count). The molecule has 0 spiro atoms. The average Bonchev–Trinajstić information content (AvgIpc) is 2.25. The molecule has 0 saturated heterocycles. The zero-order chi connectivity index (χ0) is 11.1. The van der Waals surface area contributed by atoms with Gasteiger partial charge in [0.1, 0.15) is 0 Å². The molecular formula is C12H13BrO2. The van der Waals surface area contributed by atoms with Gasteiger partial charge in [-0.25, -0.2) is 4.79 Å². The largest absolute Gasteiger partial charge is 0.463 e. The van der Waals surface area contributed by atoms with E-state index in [-0.39, 0.29) is 5.97 Å². The van der Waals surface area contributed by atoms with Crippen LogP contribution in [0.15, 0.2) is 34.8 Å². The van der Waals surface area contributed by atoms with Crippen molar-refractivity contribution in [3.05, 3.63) is 40.4 Å². The summed E-state index contributed by atoms with van der Waals surface area (Å²) in [6, 6.07) is 7.70. The van der Waals surface area contributed by atoms with E-state index in [0.717, 1.165) is 16.5 Å². The van der Waals surface area contributed by atoms with Gasteiger partial charge >= 0.3 is 5.97 Å². The van der Waals surface area contributed by atoms with Gasteiger partial charge in [0.15, 0.2) is 0 Å². The van der Waals surface area contributed by atoms with Crippen LogP contribution in [0.5, 0.6) is 0 Å². The Hall–Kier alpha value is -1.09. The molecule has 0 amide bonds. The molecule has 1 aromatic rings. The summed E-state index contributed by atoms with van der Waals surface area (Å²) in [7, 11) is 0. The molecule has 0 aromatic heterocycles. The number of esters is 1. The van der Waals surface area contributed by atoms with Gasteiger partial charge in [-0.15, -0.1) is 0 Å². The molecule has 0 heterocycles. The summed E-state index contributed by atoms with van der Waals surface area (Å²) in [5.74, 6) is -0.292. The molecular weight excluding hydrogens is 256 g/mol. The van der Waals surface area contributed by atoms with Crippen LogP contribution in [0.1, 0.15) is 18.9 Å². The highest BCUT2D eigenvalue weighted by Crippen LogP contribution is 2.11. The van der Waals surface area contributed by atoms with Crippen LogP contribution in [0.3, 0.4) is 0 Å². The molecule has 0 unspecified atom stereocenters. The Morgan fingerprint density at radius 2 is 2.07 bits per heavy atom. The molecule has 15 heavy (non-hydrogen) atoms. The van der Waals surface area contributed by atoms with Crippen molar-refractivity contribution < 1.29 is 9.53 Å². The molecule has 80 valence electrons. The highest BCUT2D eigenvalue weighted by Gasteiger charge is 1.94. The lowest BCUT2D eigenvalue weighted by atomic mass is 10.2. The van der Waals surface area contributed by atoms with Gasteiger partial charge < -0.3 is 4.74 Å². The third-order valence-corrected chi connectivity index (χ3v) is 2.26. The second kappa shape index (κ2) is 6.40.